The first-order valence-corrected chi connectivity index (χ1v) is 10.1. The maximum absolute atomic E-state index is 12.4. The highest BCUT2D eigenvalue weighted by molar-refractivity contribution is 6.35. The van der Waals surface area contributed by atoms with Crippen LogP contribution in [0, 0.1) is 6.92 Å². The fourth-order valence-corrected chi connectivity index (χ4v) is 3.32. The van der Waals surface area contributed by atoms with E-state index in [1.165, 1.54) is 6.07 Å². The number of fused-ring (bicyclic) bond motifs is 1. The van der Waals surface area contributed by atoms with Crippen molar-refractivity contribution in [3.63, 3.8) is 0 Å². The quantitative estimate of drug-likeness (QED) is 0.382. The van der Waals surface area contributed by atoms with Crippen molar-refractivity contribution in [1.29, 1.82) is 0 Å². The number of nitrogens with one attached hydrogen (secondary N) is 2. The van der Waals surface area contributed by atoms with Gasteiger partial charge in [-0.05, 0) is 43.3 Å². The minimum Gasteiger partial charge on any atom is -0.452 e. The van der Waals surface area contributed by atoms with E-state index in [1.54, 1.807) is 30.3 Å². The summed E-state index contributed by atoms with van der Waals surface area (Å²) in [5.41, 5.74) is 4.17. The number of halogens is 2. The summed E-state index contributed by atoms with van der Waals surface area (Å²) in [7, 11) is 0. The first kappa shape index (κ1) is 20.9. The van der Waals surface area contributed by atoms with Gasteiger partial charge in [0.05, 0.1) is 27.3 Å². The lowest BCUT2D eigenvalue weighted by molar-refractivity contribution is -0.119. The summed E-state index contributed by atoms with van der Waals surface area (Å²) in [6.07, 6.45) is 0. The van der Waals surface area contributed by atoms with Crippen molar-refractivity contribution >= 4 is 51.8 Å². The Hall–Kier alpha value is -3.35. The van der Waals surface area contributed by atoms with Crippen LogP contribution < -0.4 is 5.32 Å². The van der Waals surface area contributed by atoms with E-state index in [2.05, 4.69) is 15.3 Å². The van der Waals surface area contributed by atoms with Crippen LogP contribution in [0.5, 0.6) is 0 Å². The number of rotatable bonds is 5. The van der Waals surface area contributed by atoms with Gasteiger partial charge >= 0.3 is 5.97 Å². The lowest BCUT2D eigenvalue weighted by atomic mass is 10.1. The Morgan fingerprint density at radius 2 is 1.81 bits per heavy atom. The molecule has 8 heteroatoms. The highest BCUT2D eigenvalue weighted by Gasteiger charge is 2.14. The van der Waals surface area contributed by atoms with Crippen molar-refractivity contribution in [1.82, 2.24) is 9.97 Å². The van der Waals surface area contributed by atoms with Crippen LogP contribution in [0.3, 0.4) is 0 Å². The van der Waals surface area contributed by atoms with E-state index in [9.17, 15) is 9.59 Å². The number of aromatic nitrogens is 2. The zero-order chi connectivity index (χ0) is 22.0. The van der Waals surface area contributed by atoms with Gasteiger partial charge in [0, 0.05) is 10.6 Å². The average Bonchev–Trinajstić information content (AvgIpc) is 3.18. The van der Waals surface area contributed by atoms with Crippen molar-refractivity contribution in [3.05, 3.63) is 81.8 Å². The molecule has 0 radical (unpaired) electrons. The second kappa shape index (κ2) is 8.79. The van der Waals surface area contributed by atoms with Crippen LogP contribution in [0.15, 0.2) is 60.7 Å². The summed E-state index contributed by atoms with van der Waals surface area (Å²) >= 11 is 11.9. The summed E-state index contributed by atoms with van der Waals surface area (Å²) in [6, 6.07) is 17.6. The van der Waals surface area contributed by atoms with E-state index < -0.39 is 18.5 Å². The van der Waals surface area contributed by atoms with Crippen molar-refractivity contribution in [3.8, 4) is 11.4 Å². The Bertz CT molecular complexity index is 1280. The van der Waals surface area contributed by atoms with Crippen LogP contribution in [-0.4, -0.2) is 28.5 Å². The summed E-state index contributed by atoms with van der Waals surface area (Å²) in [5.74, 6) is -0.444. The number of imidazole rings is 1. The average molecular weight is 454 g/mol. The third-order valence-corrected chi connectivity index (χ3v) is 5.14. The van der Waals surface area contributed by atoms with Gasteiger partial charge in [-0.15, -0.1) is 0 Å². The largest absolute Gasteiger partial charge is 0.452 e. The number of esters is 1. The number of carbonyl (C=O) groups is 2. The number of carbonyl (C=O) groups excluding carboxylic acids is 2. The molecule has 0 unspecified atom stereocenters. The Labute approximate surface area is 188 Å². The van der Waals surface area contributed by atoms with Gasteiger partial charge in [0.1, 0.15) is 5.82 Å². The Balaban J connectivity index is 1.43. The van der Waals surface area contributed by atoms with Gasteiger partial charge in [0.15, 0.2) is 6.61 Å². The monoisotopic (exact) mass is 453 g/mol. The number of aromatic amines is 1. The number of hydrogen-bond acceptors (Lipinski definition) is 4. The number of aryl methyl sites for hydroxylation is 1. The SMILES string of the molecule is Cc1ccc(-c2nc3ccc(C(=O)OCC(=O)Nc4cc(Cl)ccc4Cl)cc3[nH]2)cc1. The highest BCUT2D eigenvalue weighted by atomic mass is 35.5. The molecule has 0 saturated carbocycles. The lowest BCUT2D eigenvalue weighted by Crippen LogP contribution is -2.21. The lowest BCUT2D eigenvalue weighted by Gasteiger charge is -2.08. The van der Waals surface area contributed by atoms with E-state index in [-0.39, 0.29) is 0 Å². The molecule has 0 fully saturated rings. The zero-order valence-electron chi connectivity index (χ0n) is 16.4. The molecule has 3 aromatic carbocycles. The molecular weight excluding hydrogens is 437 g/mol. The van der Waals surface area contributed by atoms with Crippen LogP contribution >= 0.6 is 23.2 Å². The molecular formula is C23H17Cl2N3O3. The summed E-state index contributed by atoms with van der Waals surface area (Å²) < 4.78 is 5.12. The van der Waals surface area contributed by atoms with Gasteiger partial charge in [-0.1, -0.05) is 53.0 Å². The van der Waals surface area contributed by atoms with Gasteiger partial charge in [0.25, 0.3) is 5.91 Å². The number of anilines is 1. The van der Waals surface area contributed by atoms with Gasteiger partial charge in [-0.2, -0.15) is 0 Å². The molecule has 0 atom stereocenters. The molecule has 6 nitrogen and oxygen atoms in total. The number of nitrogens with zero attached hydrogens (tertiary/aromatic N) is 1. The maximum Gasteiger partial charge on any atom is 0.338 e. The topological polar surface area (TPSA) is 84.1 Å². The van der Waals surface area contributed by atoms with E-state index in [4.69, 9.17) is 27.9 Å². The third kappa shape index (κ3) is 4.87. The number of H-pyrrole nitrogens is 1. The molecule has 0 saturated heterocycles. The summed E-state index contributed by atoms with van der Waals surface area (Å²) in [4.78, 5) is 32.3. The van der Waals surface area contributed by atoms with Gasteiger partial charge < -0.3 is 15.0 Å². The van der Waals surface area contributed by atoms with Crippen LogP contribution in [0.4, 0.5) is 5.69 Å². The van der Waals surface area contributed by atoms with Crippen LogP contribution in [0.1, 0.15) is 15.9 Å². The van der Waals surface area contributed by atoms with Crippen molar-refractivity contribution in [2.45, 2.75) is 6.92 Å². The predicted molar refractivity (Wildman–Crippen MR) is 122 cm³/mol. The first-order chi connectivity index (χ1) is 14.9. The Kier molecular flexibility index (Phi) is 5.93. The Morgan fingerprint density at radius 1 is 1.03 bits per heavy atom. The van der Waals surface area contributed by atoms with Crippen molar-refractivity contribution < 1.29 is 14.3 Å². The van der Waals surface area contributed by atoms with Crippen molar-refractivity contribution in [2.24, 2.45) is 0 Å². The maximum atomic E-state index is 12.4. The fourth-order valence-electron chi connectivity index (χ4n) is 2.98. The molecule has 0 aliphatic heterocycles. The normalized spacial score (nSPS) is 10.8. The van der Waals surface area contributed by atoms with E-state index in [0.717, 1.165) is 16.6 Å². The van der Waals surface area contributed by atoms with Crippen LogP contribution in [0.2, 0.25) is 10.0 Å². The molecule has 0 aliphatic rings. The molecule has 156 valence electrons. The minimum atomic E-state index is -0.624. The third-order valence-electron chi connectivity index (χ3n) is 4.58. The van der Waals surface area contributed by atoms with Gasteiger partial charge in [-0.3, -0.25) is 4.79 Å². The fraction of sp³-hybridized carbons (Fsp3) is 0.0870. The number of amides is 1. The van der Waals surface area contributed by atoms with Gasteiger partial charge in [0.2, 0.25) is 0 Å². The molecule has 4 rings (SSSR count). The zero-order valence-corrected chi connectivity index (χ0v) is 17.9. The molecule has 4 aromatic rings. The van der Waals surface area contributed by atoms with E-state index in [0.29, 0.717) is 32.6 Å². The van der Waals surface area contributed by atoms with Crippen LogP contribution in [-0.2, 0) is 9.53 Å². The molecule has 1 aromatic heterocycles. The second-order valence-corrected chi connectivity index (χ2v) is 7.78. The summed E-state index contributed by atoms with van der Waals surface area (Å²) in [6.45, 7) is 1.56. The Morgan fingerprint density at radius 3 is 2.58 bits per heavy atom. The highest BCUT2D eigenvalue weighted by Crippen LogP contribution is 2.25. The number of ether oxygens (including phenoxy) is 1. The number of hydrogen-bond donors (Lipinski definition) is 2. The predicted octanol–water partition coefficient (Wildman–Crippen LogP) is 5.64. The molecule has 1 amide bonds. The van der Waals surface area contributed by atoms with Crippen LogP contribution in [0.25, 0.3) is 22.4 Å². The number of benzene rings is 3. The molecule has 2 N–H and O–H groups in total. The summed E-state index contributed by atoms with van der Waals surface area (Å²) in [5, 5.41) is 3.32. The van der Waals surface area contributed by atoms with Crippen molar-refractivity contribution in [2.75, 3.05) is 11.9 Å². The molecule has 1 heterocycles. The standard InChI is InChI=1S/C23H17Cl2N3O3/c1-13-2-4-14(5-3-13)22-27-18-9-6-15(10-20(18)28-22)23(30)31-12-21(29)26-19-11-16(24)7-8-17(19)25/h2-11H,12H2,1H3,(H,26,29)(H,27,28). The second-order valence-electron chi connectivity index (χ2n) is 6.93. The van der Waals surface area contributed by atoms with E-state index >= 15 is 0 Å². The van der Waals surface area contributed by atoms with Gasteiger partial charge in [-0.25, -0.2) is 9.78 Å². The first-order valence-electron chi connectivity index (χ1n) is 9.38. The molecule has 0 aliphatic carbocycles. The molecule has 0 bridgehead atoms. The van der Waals surface area contributed by atoms with E-state index in [1.807, 2.05) is 31.2 Å². The smallest absolute Gasteiger partial charge is 0.338 e. The molecule has 0 spiro atoms. The molecule has 31 heavy (non-hydrogen) atoms. The minimum absolute atomic E-state index is 0.306.